The van der Waals surface area contributed by atoms with Crippen LogP contribution in [0.2, 0.25) is 0 Å². The minimum atomic E-state index is 0. The number of nitrogens with zero attached hydrogens (tertiary/aromatic N) is 1. The summed E-state index contributed by atoms with van der Waals surface area (Å²) in [6.07, 6.45) is 3.45. The molecule has 1 aromatic heterocycles. The van der Waals surface area contributed by atoms with Crippen LogP contribution in [-0.4, -0.2) is 30.5 Å². The van der Waals surface area contributed by atoms with Crippen LogP contribution < -0.4 is 10.6 Å². The van der Waals surface area contributed by atoms with E-state index in [-0.39, 0.29) is 30.7 Å². The van der Waals surface area contributed by atoms with Crippen molar-refractivity contribution >= 4 is 42.1 Å². The molecule has 0 aliphatic heterocycles. The van der Waals surface area contributed by atoms with Gasteiger partial charge in [-0.1, -0.05) is 0 Å². The van der Waals surface area contributed by atoms with Crippen LogP contribution in [-0.2, 0) is 11.2 Å². The summed E-state index contributed by atoms with van der Waals surface area (Å²) in [4.78, 5) is 15.8. The number of thiazole rings is 1. The molecule has 0 radical (unpaired) electrons. The number of hydrogen-bond acceptors (Lipinski definition) is 4. The normalized spacial score (nSPS) is 13.3. The van der Waals surface area contributed by atoms with E-state index in [0.717, 1.165) is 29.6 Å². The fraction of sp³-hybridized carbons (Fsp3) is 0.667. The quantitative estimate of drug-likeness (QED) is 0.805. The van der Waals surface area contributed by atoms with Crippen molar-refractivity contribution in [2.24, 2.45) is 5.92 Å². The van der Waals surface area contributed by atoms with Gasteiger partial charge in [0.1, 0.15) is 0 Å². The van der Waals surface area contributed by atoms with Crippen molar-refractivity contribution in [3.05, 3.63) is 16.1 Å². The molecule has 0 aromatic carbocycles. The number of halogens is 2. The molecule has 2 rings (SSSR count). The van der Waals surface area contributed by atoms with Crippen LogP contribution in [0.1, 0.15) is 23.5 Å². The first kappa shape index (κ1) is 18.6. The molecule has 1 saturated carbocycles. The topological polar surface area (TPSA) is 54.0 Å². The van der Waals surface area contributed by atoms with Crippen LogP contribution in [0, 0.1) is 12.8 Å². The second-order valence-corrected chi connectivity index (χ2v) is 5.59. The number of carbonyl (C=O) groups is 1. The molecule has 19 heavy (non-hydrogen) atoms. The number of aromatic nitrogens is 1. The molecular weight excluding hydrogens is 305 g/mol. The Hall–Kier alpha value is -0.360. The van der Waals surface area contributed by atoms with Gasteiger partial charge in [-0.2, -0.15) is 0 Å². The van der Waals surface area contributed by atoms with E-state index in [1.165, 1.54) is 12.8 Å². The van der Waals surface area contributed by atoms with Gasteiger partial charge in [0.25, 0.3) is 0 Å². The van der Waals surface area contributed by atoms with Crippen molar-refractivity contribution in [2.45, 2.75) is 26.2 Å². The van der Waals surface area contributed by atoms with E-state index in [9.17, 15) is 4.79 Å². The Labute approximate surface area is 130 Å². The number of aryl methyl sites for hydroxylation is 1. The van der Waals surface area contributed by atoms with E-state index >= 15 is 0 Å². The fourth-order valence-corrected chi connectivity index (χ4v) is 2.27. The first-order valence-electron chi connectivity index (χ1n) is 6.12. The number of nitrogens with one attached hydrogen (secondary N) is 2. The van der Waals surface area contributed by atoms with Gasteiger partial charge in [0.15, 0.2) is 0 Å². The molecule has 0 saturated heterocycles. The molecule has 1 heterocycles. The van der Waals surface area contributed by atoms with Gasteiger partial charge in [-0.15, -0.1) is 36.2 Å². The summed E-state index contributed by atoms with van der Waals surface area (Å²) in [5.74, 6) is 0.901. The molecule has 4 nitrogen and oxygen atoms in total. The summed E-state index contributed by atoms with van der Waals surface area (Å²) in [7, 11) is 0. The summed E-state index contributed by atoms with van der Waals surface area (Å²) in [6.45, 7) is 4.09. The minimum absolute atomic E-state index is 0. The molecule has 110 valence electrons. The molecule has 0 spiro atoms. The van der Waals surface area contributed by atoms with E-state index in [1.54, 1.807) is 11.3 Å². The first-order valence-corrected chi connectivity index (χ1v) is 7.00. The Bertz CT molecular complexity index is 383. The van der Waals surface area contributed by atoms with Gasteiger partial charge in [0.05, 0.1) is 17.2 Å². The second kappa shape index (κ2) is 9.53. The molecule has 1 aliphatic rings. The summed E-state index contributed by atoms with van der Waals surface area (Å²) in [5, 5.41) is 9.20. The molecule has 0 unspecified atom stereocenters. The molecule has 1 amide bonds. The zero-order chi connectivity index (χ0) is 12.1. The molecule has 0 atom stereocenters. The van der Waals surface area contributed by atoms with Crippen LogP contribution in [0.15, 0.2) is 5.38 Å². The maximum atomic E-state index is 11.4. The van der Waals surface area contributed by atoms with Crippen LogP contribution in [0.25, 0.3) is 0 Å². The van der Waals surface area contributed by atoms with Gasteiger partial charge in [-0.25, -0.2) is 4.98 Å². The lowest BCUT2D eigenvalue weighted by Gasteiger charge is -2.05. The zero-order valence-electron chi connectivity index (χ0n) is 11.0. The summed E-state index contributed by atoms with van der Waals surface area (Å²) in [5.41, 5.74) is 1.07. The predicted octanol–water partition coefficient (Wildman–Crippen LogP) is 1.95. The van der Waals surface area contributed by atoms with Crippen molar-refractivity contribution in [3.8, 4) is 0 Å². The Kier molecular flexibility index (Phi) is 9.35. The summed E-state index contributed by atoms with van der Waals surface area (Å²) < 4.78 is 0. The lowest BCUT2D eigenvalue weighted by Crippen LogP contribution is -2.35. The van der Waals surface area contributed by atoms with Crippen LogP contribution >= 0.6 is 36.2 Å². The van der Waals surface area contributed by atoms with E-state index in [0.29, 0.717) is 13.1 Å². The van der Waals surface area contributed by atoms with Crippen LogP contribution in [0.3, 0.4) is 0 Å². The van der Waals surface area contributed by atoms with Crippen LogP contribution in [0.5, 0.6) is 0 Å². The monoisotopic (exact) mass is 325 g/mol. The highest BCUT2D eigenvalue weighted by Crippen LogP contribution is 2.27. The number of hydrogen-bond donors (Lipinski definition) is 2. The zero-order valence-corrected chi connectivity index (χ0v) is 13.4. The minimum Gasteiger partial charge on any atom is -0.355 e. The van der Waals surface area contributed by atoms with E-state index in [4.69, 9.17) is 0 Å². The van der Waals surface area contributed by atoms with Gasteiger partial charge in [-0.3, -0.25) is 4.79 Å². The van der Waals surface area contributed by atoms with Crippen molar-refractivity contribution < 1.29 is 4.79 Å². The average Bonchev–Trinajstić information content (AvgIpc) is 3.02. The fourth-order valence-electron chi connectivity index (χ4n) is 1.63. The summed E-state index contributed by atoms with van der Waals surface area (Å²) >= 11 is 1.65. The van der Waals surface area contributed by atoms with Gasteiger partial charge in [-0.05, 0) is 32.2 Å². The van der Waals surface area contributed by atoms with Crippen molar-refractivity contribution in [1.82, 2.24) is 15.6 Å². The molecule has 2 N–H and O–H groups in total. The third-order valence-electron chi connectivity index (χ3n) is 2.79. The number of amides is 1. The van der Waals surface area contributed by atoms with Crippen LogP contribution in [0.4, 0.5) is 0 Å². The highest BCUT2D eigenvalue weighted by atomic mass is 35.5. The molecule has 1 fully saturated rings. The maximum Gasteiger partial charge on any atom is 0.233 e. The van der Waals surface area contributed by atoms with Crippen molar-refractivity contribution in [1.29, 1.82) is 0 Å². The number of rotatable bonds is 7. The van der Waals surface area contributed by atoms with Crippen molar-refractivity contribution in [3.63, 3.8) is 0 Å². The van der Waals surface area contributed by atoms with Crippen molar-refractivity contribution in [2.75, 3.05) is 19.6 Å². The smallest absolute Gasteiger partial charge is 0.233 e. The average molecular weight is 326 g/mol. The lowest BCUT2D eigenvalue weighted by atomic mass is 10.3. The third-order valence-corrected chi connectivity index (χ3v) is 3.61. The first-order chi connectivity index (χ1) is 8.24. The maximum absolute atomic E-state index is 11.4. The standard InChI is InChI=1S/C12H19N3OS.2ClH/c1-9-15-11(8-17-9)4-5-14-12(16)7-13-6-10-2-3-10;;/h8,10,13H,2-7H2,1H3,(H,14,16);2*1H. The Morgan fingerprint density at radius 1 is 1.47 bits per heavy atom. The lowest BCUT2D eigenvalue weighted by molar-refractivity contribution is -0.120. The number of carbonyl (C=O) groups excluding carboxylic acids is 1. The van der Waals surface area contributed by atoms with Gasteiger partial charge in [0.2, 0.25) is 5.91 Å². The van der Waals surface area contributed by atoms with Gasteiger partial charge < -0.3 is 10.6 Å². The second-order valence-electron chi connectivity index (χ2n) is 4.53. The Morgan fingerprint density at radius 2 is 2.21 bits per heavy atom. The molecule has 7 heteroatoms. The van der Waals surface area contributed by atoms with E-state index in [2.05, 4.69) is 15.6 Å². The molecule has 0 bridgehead atoms. The molecular formula is C12H21Cl2N3OS. The summed E-state index contributed by atoms with van der Waals surface area (Å²) in [6, 6.07) is 0. The largest absolute Gasteiger partial charge is 0.355 e. The van der Waals surface area contributed by atoms with E-state index in [1.807, 2.05) is 12.3 Å². The SMILES string of the molecule is Cc1nc(CCNC(=O)CNCC2CC2)cs1.Cl.Cl. The van der Waals surface area contributed by atoms with E-state index < -0.39 is 0 Å². The molecule has 1 aliphatic carbocycles. The van der Waals surface area contributed by atoms with Gasteiger partial charge >= 0.3 is 0 Å². The highest BCUT2D eigenvalue weighted by molar-refractivity contribution is 7.09. The Balaban J connectivity index is 0.00000162. The molecule has 1 aromatic rings. The highest BCUT2D eigenvalue weighted by Gasteiger charge is 2.20. The van der Waals surface area contributed by atoms with Gasteiger partial charge in [0, 0.05) is 18.3 Å². The third kappa shape index (κ3) is 7.72. The predicted molar refractivity (Wildman–Crippen MR) is 83.7 cm³/mol. The Morgan fingerprint density at radius 3 is 2.79 bits per heavy atom.